The molecule has 0 heterocycles. The molecule has 1 aromatic rings. The van der Waals surface area contributed by atoms with Crippen LogP contribution in [-0.2, 0) is 4.74 Å². The lowest BCUT2D eigenvalue weighted by atomic mass is 10.2. The van der Waals surface area contributed by atoms with E-state index in [1.165, 1.54) is 13.3 Å². The van der Waals surface area contributed by atoms with Gasteiger partial charge in [0.2, 0.25) is 5.88 Å². The first kappa shape index (κ1) is 13.4. The molecule has 0 aliphatic carbocycles. The summed E-state index contributed by atoms with van der Waals surface area (Å²) in [6, 6.07) is 6.76. The van der Waals surface area contributed by atoms with Crippen LogP contribution in [0.3, 0.4) is 0 Å². The molecule has 0 unspecified atom stereocenters. The van der Waals surface area contributed by atoms with Gasteiger partial charge in [-0.3, -0.25) is 0 Å². The minimum atomic E-state index is -0.0474. The molecule has 6 heteroatoms. The molecule has 2 N–H and O–H groups in total. The van der Waals surface area contributed by atoms with Crippen molar-refractivity contribution in [3.8, 4) is 6.07 Å². The monoisotopic (exact) mass is 269 g/mol. The third-order valence-corrected chi connectivity index (χ3v) is 2.42. The van der Waals surface area contributed by atoms with Crippen molar-refractivity contribution in [2.75, 3.05) is 7.11 Å². The molecule has 17 heavy (non-hydrogen) atoms. The van der Waals surface area contributed by atoms with Crippen LogP contribution in [0.15, 0.2) is 34.8 Å². The predicted molar refractivity (Wildman–Crippen MR) is 67.9 cm³/mol. The fourth-order valence-electron chi connectivity index (χ4n) is 0.985. The lowest BCUT2D eigenvalue weighted by Gasteiger charge is -2.00. The van der Waals surface area contributed by atoms with Crippen molar-refractivity contribution >= 4 is 29.4 Å². The summed E-state index contributed by atoms with van der Waals surface area (Å²) in [5, 5.41) is 9.75. The Bertz CT molecular complexity index is 518. The van der Waals surface area contributed by atoms with E-state index in [4.69, 9.17) is 38.9 Å². The maximum atomic E-state index is 8.78. The Morgan fingerprint density at radius 2 is 2.24 bits per heavy atom. The predicted octanol–water partition coefficient (Wildman–Crippen LogP) is 2.71. The van der Waals surface area contributed by atoms with Gasteiger partial charge in [-0.15, -0.1) is 0 Å². The maximum Gasteiger partial charge on any atom is 0.221 e. The molecule has 4 nitrogen and oxygen atoms in total. The zero-order valence-corrected chi connectivity index (χ0v) is 10.5. The van der Waals surface area contributed by atoms with Gasteiger partial charge in [0.25, 0.3) is 0 Å². The van der Waals surface area contributed by atoms with Gasteiger partial charge in [-0.1, -0.05) is 29.3 Å². The second kappa shape index (κ2) is 6.14. The van der Waals surface area contributed by atoms with Crippen LogP contribution in [-0.4, -0.2) is 13.3 Å². The molecule has 0 amide bonds. The van der Waals surface area contributed by atoms with E-state index >= 15 is 0 Å². The van der Waals surface area contributed by atoms with Crippen LogP contribution in [0.1, 0.15) is 5.56 Å². The minimum absolute atomic E-state index is 0.0153. The van der Waals surface area contributed by atoms with Crippen LogP contribution >= 0.6 is 23.2 Å². The van der Waals surface area contributed by atoms with Crippen LogP contribution < -0.4 is 5.73 Å². The first-order chi connectivity index (χ1) is 8.08. The van der Waals surface area contributed by atoms with Crippen molar-refractivity contribution in [1.82, 2.24) is 0 Å². The number of hydrogen-bond donors (Lipinski definition) is 1. The number of aliphatic imine (C=N–C) groups is 1. The summed E-state index contributed by atoms with van der Waals surface area (Å²) in [7, 11) is 1.36. The van der Waals surface area contributed by atoms with Gasteiger partial charge >= 0.3 is 0 Å². The number of halogens is 2. The van der Waals surface area contributed by atoms with E-state index in [-0.39, 0.29) is 11.6 Å². The van der Waals surface area contributed by atoms with Crippen LogP contribution in [0.5, 0.6) is 0 Å². The quantitative estimate of drug-likeness (QED) is 0.521. The molecule has 88 valence electrons. The minimum Gasteiger partial charge on any atom is -0.481 e. The Morgan fingerprint density at radius 1 is 1.53 bits per heavy atom. The van der Waals surface area contributed by atoms with Gasteiger partial charge in [0, 0.05) is 16.8 Å². The van der Waals surface area contributed by atoms with Crippen LogP contribution in [0.2, 0.25) is 10.0 Å². The van der Waals surface area contributed by atoms with Crippen LogP contribution in [0.25, 0.3) is 0 Å². The third-order valence-electron chi connectivity index (χ3n) is 1.85. The van der Waals surface area contributed by atoms with Crippen molar-refractivity contribution in [2.24, 2.45) is 10.7 Å². The van der Waals surface area contributed by atoms with Crippen molar-refractivity contribution in [3.63, 3.8) is 0 Å². The van der Waals surface area contributed by atoms with Gasteiger partial charge in [0.15, 0.2) is 5.70 Å². The number of nitriles is 1. The van der Waals surface area contributed by atoms with E-state index < -0.39 is 0 Å². The second-order valence-corrected chi connectivity index (χ2v) is 3.80. The first-order valence-electron chi connectivity index (χ1n) is 4.51. The molecule has 1 rings (SSSR count). The summed E-state index contributed by atoms with van der Waals surface area (Å²) in [6.07, 6.45) is 1.42. The van der Waals surface area contributed by atoms with Gasteiger partial charge < -0.3 is 10.5 Å². The topological polar surface area (TPSA) is 71.4 Å². The molecule has 0 radical (unpaired) electrons. The molecule has 0 fully saturated rings. The smallest absolute Gasteiger partial charge is 0.221 e. The zero-order chi connectivity index (χ0) is 12.8. The van der Waals surface area contributed by atoms with Crippen molar-refractivity contribution < 1.29 is 4.74 Å². The highest BCUT2D eigenvalue weighted by atomic mass is 35.5. The first-order valence-corrected chi connectivity index (χ1v) is 5.27. The van der Waals surface area contributed by atoms with E-state index in [1.807, 2.05) is 6.07 Å². The molecule has 0 aliphatic heterocycles. The van der Waals surface area contributed by atoms with Crippen LogP contribution in [0, 0.1) is 11.3 Å². The van der Waals surface area contributed by atoms with Gasteiger partial charge in [0.05, 0.1) is 12.1 Å². The van der Waals surface area contributed by atoms with E-state index in [2.05, 4.69) is 4.99 Å². The Labute approximate surface area is 109 Å². The van der Waals surface area contributed by atoms with Gasteiger partial charge in [-0.25, -0.2) is 4.99 Å². The number of benzene rings is 1. The van der Waals surface area contributed by atoms with Gasteiger partial charge in [0.1, 0.15) is 6.07 Å². The van der Waals surface area contributed by atoms with E-state index in [0.29, 0.717) is 15.6 Å². The molecule has 0 aliphatic rings. The summed E-state index contributed by atoms with van der Waals surface area (Å²) < 4.78 is 4.71. The normalized spacial score (nSPS) is 12.1. The largest absolute Gasteiger partial charge is 0.481 e. The maximum absolute atomic E-state index is 8.78. The fraction of sp³-hybridized carbons (Fsp3) is 0.0909. The Kier molecular flexibility index (Phi) is 4.83. The van der Waals surface area contributed by atoms with Crippen molar-refractivity contribution in [3.05, 3.63) is 45.4 Å². The number of ether oxygens (including phenoxy) is 1. The Hall–Kier alpha value is -1.70. The highest BCUT2D eigenvalue weighted by Gasteiger charge is 2.02. The number of hydrogen-bond acceptors (Lipinski definition) is 4. The SMILES string of the molecule is CO/C(N)=C(\C#N)N=Cc1ccc(Cl)cc1Cl. The van der Waals surface area contributed by atoms with Crippen LogP contribution in [0.4, 0.5) is 0 Å². The Morgan fingerprint density at radius 3 is 2.76 bits per heavy atom. The molecular weight excluding hydrogens is 261 g/mol. The lowest BCUT2D eigenvalue weighted by molar-refractivity contribution is 0.284. The number of allylic oxidation sites excluding steroid dienone is 1. The second-order valence-electron chi connectivity index (χ2n) is 2.95. The third kappa shape index (κ3) is 3.66. The van der Waals surface area contributed by atoms with Gasteiger partial charge in [-0.2, -0.15) is 5.26 Å². The molecular formula is C11H9Cl2N3O. The Balaban J connectivity index is 3.02. The van der Waals surface area contributed by atoms with E-state index in [0.717, 1.165) is 0 Å². The number of nitrogens with zero attached hydrogens (tertiary/aromatic N) is 2. The fourth-order valence-corrected chi connectivity index (χ4v) is 1.44. The highest BCUT2D eigenvalue weighted by Crippen LogP contribution is 2.19. The molecule has 0 saturated heterocycles. The standard InChI is InChI=1S/C11H9Cl2N3O/c1-17-11(15)10(5-14)16-6-7-2-3-8(12)4-9(7)13/h2-4,6H,15H2,1H3/b11-10+,16-6?. The lowest BCUT2D eigenvalue weighted by Crippen LogP contribution is -2.02. The molecule has 0 aromatic heterocycles. The molecule has 0 bridgehead atoms. The van der Waals surface area contributed by atoms with Crippen molar-refractivity contribution in [2.45, 2.75) is 0 Å². The summed E-state index contributed by atoms with van der Waals surface area (Å²) in [5.74, 6) is -0.0474. The van der Waals surface area contributed by atoms with Crippen molar-refractivity contribution in [1.29, 1.82) is 5.26 Å². The molecule has 0 saturated carbocycles. The molecule has 1 aromatic carbocycles. The average molecular weight is 270 g/mol. The van der Waals surface area contributed by atoms with Gasteiger partial charge in [-0.05, 0) is 12.1 Å². The van der Waals surface area contributed by atoms with E-state index in [9.17, 15) is 0 Å². The van der Waals surface area contributed by atoms with E-state index in [1.54, 1.807) is 18.2 Å². The summed E-state index contributed by atoms with van der Waals surface area (Å²) in [5.41, 5.74) is 6.04. The summed E-state index contributed by atoms with van der Waals surface area (Å²) in [4.78, 5) is 3.89. The summed E-state index contributed by atoms with van der Waals surface area (Å²) in [6.45, 7) is 0. The summed E-state index contributed by atoms with van der Waals surface area (Å²) >= 11 is 11.7. The highest BCUT2D eigenvalue weighted by molar-refractivity contribution is 6.36. The number of rotatable bonds is 3. The number of methoxy groups -OCH3 is 1. The zero-order valence-electron chi connectivity index (χ0n) is 8.95. The molecule has 0 spiro atoms. The molecule has 0 atom stereocenters. The number of nitrogens with two attached hydrogens (primary N) is 1. The average Bonchev–Trinajstić information content (AvgIpc) is 2.31.